The average molecular weight is 219 g/mol. The molecular weight excluding hydrogens is 196 g/mol. The van der Waals surface area contributed by atoms with Crippen molar-refractivity contribution >= 4 is 0 Å². The first kappa shape index (κ1) is 12.9. The summed E-state index contributed by atoms with van der Waals surface area (Å²) < 4.78 is 25.9. The van der Waals surface area contributed by atoms with Gasteiger partial charge in [-0.3, -0.25) is 0 Å². The van der Waals surface area contributed by atoms with Crippen LogP contribution in [0.5, 0.6) is 0 Å². The van der Waals surface area contributed by atoms with Crippen molar-refractivity contribution in [2.24, 2.45) is 17.6 Å². The van der Waals surface area contributed by atoms with E-state index in [1.54, 1.807) is 0 Å². The quantitative estimate of drug-likeness (QED) is 0.768. The third-order valence-corrected chi connectivity index (χ3v) is 3.74. The molecule has 1 aliphatic carbocycles. The first-order valence-electron chi connectivity index (χ1n) is 6.08. The molecule has 3 heteroatoms. The van der Waals surface area contributed by atoms with Gasteiger partial charge in [-0.2, -0.15) is 0 Å². The van der Waals surface area contributed by atoms with Gasteiger partial charge >= 0.3 is 0 Å². The number of halogens is 2. The Balaban J connectivity index is 2.33. The van der Waals surface area contributed by atoms with Gasteiger partial charge < -0.3 is 5.73 Å². The third-order valence-electron chi connectivity index (χ3n) is 3.74. The summed E-state index contributed by atoms with van der Waals surface area (Å²) in [7, 11) is 0. The van der Waals surface area contributed by atoms with Crippen LogP contribution in [0.15, 0.2) is 0 Å². The van der Waals surface area contributed by atoms with E-state index in [-0.39, 0.29) is 18.9 Å². The fourth-order valence-corrected chi connectivity index (χ4v) is 2.31. The van der Waals surface area contributed by atoms with E-state index in [4.69, 9.17) is 5.73 Å². The van der Waals surface area contributed by atoms with E-state index in [9.17, 15) is 8.78 Å². The van der Waals surface area contributed by atoms with Crippen molar-refractivity contribution in [3.05, 3.63) is 0 Å². The van der Waals surface area contributed by atoms with Gasteiger partial charge in [0.25, 0.3) is 0 Å². The molecule has 1 aliphatic rings. The Morgan fingerprint density at radius 3 is 2.33 bits per heavy atom. The summed E-state index contributed by atoms with van der Waals surface area (Å²) in [4.78, 5) is 0. The Morgan fingerprint density at radius 1 is 1.33 bits per heavy atom. The van der Waals surface area contributed by atoms with E-state index in [1.807, 2.05) is 0 Å². The van der Waals surface area contributed by atoms with Crippen LogP contribution < -0.4 is 5.73 Å². The summed E-state index contributed by atoms with van der Waals surface area (Å²) in [5.41, 5.74) is 6.07. The van der Waals surface area contributed by atoms with Crippen LogP contribution in [0.3, 0.4) is 0 Å². The van der Waals surface area contributed by atoms with Gasteiger partial charge in [-0.25, -0.2) is 8.78 Å². The number of alkyl halides is 2. The maximum atomic E-state index is 12.9. The van der Waals surface area contributed by atoms with Crippen LogP contribution in [0.1, 0.15) is 52.4 Å². The lowest BCUT2D eigenvalue weighted by Crippen LogP contribution is -2.37. The number of hydrogen-bond donors (Lipinski definition) is 1. The van der Waals surface area contributed by atoms with Crippen molar-refractivity contribution in [2.45, 2.75) is 64.3 Å². The Bertz CT molecular complexity index is 184. The molecule has 0 saturated heterocycles. The van der Waals surface area contributed by atoms with Gasteiger partial charge in [-0.05, 0) is 31.1 Å². The molecular formula is C12H23F2N. The predicted molar refractivity (Wildman–Crippen MR) is 59.0 cm³/mol. The van der Waals surface area contributed by atoms with Crippen LogP contribution in [-0.2, 0) is 0 Å². The Hall–Kier alpha value is -0.180. The Kier molecular flexibility index (Phi) is 4.50. The molecule has 0 amide bonds. The second kappa shape index (κ2) is 5.24. The molecule has 0 radical (unpaired) electrons. The van der Waals surface area contributed by atoms with Crippen LogP contribution in [0.2, 0.25) is 0 Å². The van der Waals surface area contributed by atoms with Crippen molar-refractivity contribution in [3.63, 3.8) is 0 Å². The molecule has 2 unspecified atom stereocenters. The molecule has 2 N–H and O–H groups in total. The molecule has 1 rings (SSSR count). The van der Waals surface area contributed by atoms with Gasteiger partial charge in [0.2, 0.25) is 5.92 Å². The van der Waals surface area contributed by atoms with E-state index < -0.39 is 5.92 Å². The molecule has 0 aromatic rings. The van der Waals surface area contributed by atoms with Crippen LogP contribution in [-0.4, -0.2) is 12.0 Å². The van der Waals surface area contributed by atoms with Crippen LogP contribution in [0, 0.1) is 11.8 Å². The largest absolute Gasteiger partial charge is 0.327 e. The molecule has 1 saturated carbocycles. The zero-order valence-corrected chi connectivity index (χ0v) is 9.81. The smallest absolute Gasteiger partial charge is 0.248 e. The minimum absolute atomic E-state index is 0.0336. The lowest BCUT2D eigenvalue weighted by molar-refractivity contribution is -0.0488. The molecule has 2 atom stereocenters. The first-order valence-corrected chi connectivity index (χ1v) is 6.08. The second-order valence-electron chi connectivity index (χ2n) is 5.11. The van der Waals surface area contributed by atoms with Gasteiger partial charge in [0.1, 0.15) is 0 Å². The second-order valence-corrected chi connectivity index (χ2v) is 5.11. The first-order chi connectivity index (χ1) is 6.94. The van der Waals surface area contributed by atoms with E-state index in [1.165, 1.54) is 0 Å². The lowest BCUT2D eigenvalue weighted by Gasteiger charge is -2.32. The summed E-state index contributed by atoms with van der Waals surface area (Å²) >= 11 is 0. The van der Waals surface area contributed by atoms with Gasteiger partial charge in [0, 0.05) is 18.9 Å². The van der Waals surface area contributed by atoms with Crippen molar-refractivity contribution in [2.75, 3.05) is 0 Å². The predicted octanol–water partition coefficient (Wildman–Crippen LogP) is 3.58. The number of rotatable bonds is 4. The molecule has 1 fully saturated rings. The van der Waals surface area contributed by atoms with Gasteiger partial charge in [0.05, 0.1) is 0 Å². The molecule has 0 heterocycles. The third kappa shape index (κ3) is 4.06. The van der Waals surface area contributed by atoms with Crippen LogP contribution >= 0.6 is 0 Å². The topological polar surface area (TPSA) is 26.0 Å². The van der Waals surface area contributed by atoms with Crippen molar-refractivity contribution in [1.82, 2.24) is 0 Å². The van der Waals surface area contributed by atoms with Crippen LogP contribution in [0.25, 0.3) is 0 Å². The summed E-state index contributed by atoms with van der Waals surface area (Å²) in [6.07, 6.45) is 3.37. The summed E-state index contributed by atoms with van der Waals surface area (Å²) in [5, 5.41) is 0. The highest BCUT2D eigenvalue weighted by Crippen LogP contribution is 2.38. The molecule has 90 valence electrons. The highest BCUT2D eigenvalue weighted by Gasteiger charge is 2.36. The monoisotopic (exact) mass is 219 g/mol. The lowest BCUT2D eigenvalue weighted by atomic mass is 9.79. The summed E-state index contributed by atoms with van der Waals surface area (Å²) in [6, 6.07) is 0.121. The molecule has 0 aromatic carbocycles. The van der Waals surface area contributed by atoms with Gasteiger partial charge in [-0.15, -0.1) is 0 Å². The minimum atomic E-state index is -2.42. The van der Waals surface area contributed by atoms with E-state index in [0.717, 1.165) is 12.8 Å². The fourth-order valence-electron chi connectivity index (χ4n) is 2.31. The standard InChI is InChI=1S/C12H23F2N/c1-3-9(2)8-11(15)10-4-6-12(13,14)7-5-10/h9-11H,3-8,15H2,1-2H3. The molecule has 0 aliphatic heterocycles. The van der Waals surface area contributed by atoms with Gasteiger partial charge in [0.15, 0.2) is 0 Å². The fraction of sp³-hybridized carbons (Fsp3) is 1.00. The summed E-state index contributed by atoms with van der Waals surface area (Å²) in [6.45, 7) is 4.32. The maximum Gasteiger partial charge on any atom is 0.248 e. The van der Waals surface area contributed by atoms with E-state index in [2.05, 4.69) is 13.8 Å². The number of hydrogen-bond acceptors (Lipinski definition) is 1. The molecule has 0 aromatic heterocycles. The van der Waals surface area contributed by atoms with Crippen molar-refractivity contribution in [1.29, 1.82) is 0 Å². The summed E-state index contributed by atoms with van der Waals surface area (Å²) in [5.74, 6) is -1.49. The van der Waals surface area contributed by atoms with Gasteiger partial charge in [-0.1, -0.05) is 20.3 Å². The zero-order chi connectivity index (χ0) is 11.5. The normalized spacial score (nSPS) is 26.2. The highest BCUT2D eigenvalue weighted by molar-refractivity contribution is 4.83. The maximum absolute atomic E-state index is 12.9. The average Bonchev–Trinajstić information content (AvgIpc) is 2.17. The highest BCUT2D eigenvalue weighted by atomic mass is 19.3. The van der Waals surface area contributed by atoms with Crippen molar-refractivity contribution < 1.29 is 8.78 Å². The molecule has 0 spiro atoms. The molecule has 1 nitrogen and oxygen atoms in total. The van der Waals surface area contributed by atoms with E-state index >= 15 is 0 Å². The zero-order valence-electron chi connectivity index (χ0n) is 9.81. The Morgan fingerprint density at radius 2 is 1.87 bits per heavy atom. The van der Waals surface area contributed by atoms with Crippen molar-refractivity contribution in [3.8, 4) is 0 Å². The Labute approximate surface area is 91.4 Å². The number of nitrogens with two attached hydrogens (primary N) is 1. The molecule has 0 bridgehead atoms. The minimum Gasteiger partial charge on any atom is -0.327 e. The van der Waals surface area contributed by atoms with Crippen LogP contribution in [0.4, 0.5) is 8.78 Å². The molecule has 15 heavy (non-hydrogen) atoms. The SMILES string of the molecule is CCC(C)CC(N)C1CCC(F)(F)CC1. The van der Waals surface area contributed by atoms with E-state index in [0.29, 0.717) is 24.7 Å².